The normalized spacial score (nSPS) is 16.9. The van der Waals surface area contributed by atoms with Crippen molar-refractivity contribution in [1.82, 2.24) is 9.03 Å². The quantitative estimate of drug-likeness (QED) is 0.604. The Morgan fingerprint density at radius 3 is 2.48 bits per heavy atom. The van der Waals surface area contributed by atoms with E-state index in [2.05, 4.69) is 4.72 Å². The fraction of sp³-hybridized carbons (Fsp3) is 0.600. The Morgan fingerprint density at radius 2 is 1.84 bits per heavy atom. The second-order valence-corrected chi connectivity index (χ2v) is 9.51. The lowest BCUT2D eigenvalue weighted by molar-refractivity contribution is 0.0730. The van der Waals surface area contributed by atoms with E-state index in [1.165, 1.54) is 22.5 Å². The Balaban J connectivity index is 2.27. The lowest BCUT2D eigenvalue weighted by Gasteiger charge is -2.26. The molecule has 1 aliphatic rings. The van der Waals surface area contributed by atoms with Crippen LogP contribution >= 0.6 is 0 Å². The number of nitrogens with two attached hydrogens (primary N) is 1. The average molecular weight is 392 g/mol. The van der Waals surface area contributed by atoms with Gasteiger partial charge in [-0.1, -0.05) is 6.07 Å². The summed E-state index contributed by atoms with van der Waals surface area (Å²) in [7, 11) is -7.53. The van der Waals surface area contributed by atoms with Gasteiger partial charge in [0.2, 0.25) is 20.0 Å². The summed E-state index contributed by atoms with van der Waals surface area (Å²) >= 11 is 0. The maximum absolute atomic E-state index is 12.8. The van der Waals surface area contributed by atoms with E-state index in [4.69, 9.17) is 10.5 Å². The third kappa shape index (κ3) is 4.99. The summed E-state index contributed by atoms with van der Waals surface area (Å²) in [4.78, 5) is -0.0445. The lowest BCUT2D eigenvalue weighted by atomic mass is 10.2. The van der Waals surface area contributed by atoms with Crippen molar-refractivity contribution in [2.75, 3.05) is 39.4 Å². The summed E-state index contributed by atoms with van der Waals surface area (Å²) in [6.45, 7) is 3.59. The molecule has 0 amide bonds. The zero-order valence-electron chi connectivity index (χ0n) is 14.3. The van der Waals surface area contributed by atoms with Gasteiger partial charge in [0.25, 0.3) is 0 Å². The van der Waals surface area contributed by atoms with Crippen LogP contribution in [-0.4, -0.2) is 60.5 Å². The van der Waals surface area contributed by atoms with Gasteiger partial charge in [-0.05, 0) is 44.0 Å². The Morgan fingerprint density at radius 1 is 1.16 bits per heavy atom. The van der Waals surface area contributed by atoms with Gasteiger partial charge in [-0.3, -0.25) is 0 Å². The van der Waals surface area contributed by atoms with E-state index in [0.717, 1.165) is 0 Å². The maximum Gasteiger partial charge on any atom is 0.243 e. The molecule has 3 N–H and O–H groups in total. The predicted molar refractivity (Wildman–Crippen MR) is 94.2 cm³/mol. The van der Waals surface area contributed by atoms with Gasteiger partial charge in [0.15, 0.2) is 0 Å². The molecule has 2 rings (SSSR count). The molecule has 10 heteroatoms. The van der Waals surface area contributed by atoms with Crippen molar-refractivity contribution in [3.63, 3.8) is 0 Å². The van der Waals surface area contributed by atoms with Crippen LogP contribution in [0.2, 0.25) is 0 Å². The Bertz CT molecular complexity index is 787. The molecule has 0 spiro atoms. The van der Waals surface area contributed by atoms with Crippen molar-refractivity contribution in [2.45, 2.75) is 29.6 Å². The van der Waals surface area contributed by atoms with Gasteiger partial charge in [-0.2, -0.15) is 4.31 Å². The predicted octanol–water partition coefficient (Wildman–Crippen LogP) is 0.0331. The fourth-order valence-electron chi connectivity index (χ4n) is 2.51. The van der Waals surface area contributed by atoms with Crippen molar-refractivity contribution in [3.8, 4) is 0 Å². The first-order valence-corrected chi connectivity index (χ1v) is 11.1. The van der Waals surface area contributed by atoms with Crippen LogP contribution in [0.15, 0.2) is 28.0 Å². The van der Waals surface area contributed by atoms with Crippen LogP contribution in [-0.2, 0) is 24.8 Å². The summed E-state index contributed by atoms with van der Waals surface area (Å²) in [5, 5.41) is 0. The summed E-state index contributed by atoms with van der Waals surface area (Å²) < 4.78 is 59.4. The summed E-state index contributed by atoms with van der Waals surface area (Å²) in [6.07, 6.45) is 1.34. The highest BCUT2D eigenvalue weighted by Gasteiger charge is 2.29. The molecule has 0 atom stereocenters. The van der Waals surface area contributed by atoms with Gasteiger partial charge in [0, 0.05) is 19.6 Å². The summed E-state index contributed by atoms with van der Waals surface area (Å²) in [5.74, 6) is 0. The molecule has 0 saturated carbocycles. The maximum atomic E-state index is 12.8. The van der Waals surface area contributed by atoms with Gasteiger partial charge >= 0.3 is 0 Å². The highest BCUT2D eigenvalue weighted by molar-refractivity contribution is 7.90. The van der Waals surface area contributed by atoms with Crippen LogP contribution in [0, 0.1) is 6.92 Å². The number of nitrogens with one attached hydrogen (secondary N) is 1. The molecular formula is C15H25N3O5S2. The van der Waals surface area contributed by atoms with Gasteiger partial charge in [0.05, 0.1) is 23.0 Å². The Kier molecular flexibility index (Phi) is 6.94. The highest BCUT2D eigenvalue weighted by Crippen LogP contribution is 2.24. The number of nitrogens with zero attached hydrogens (tertiary/aromatic N) is 1. The van der Waals surface area contributed by atoms with Crippen molar-refractivity contribution in [1.29, 1.82) is 0 Å². The SMILES string of the molecule is Cc1ccc(S(=O)(=O)NCCCCN)cc1S(=O)(=O)N1CCOCC1. The third-order valence-corrected chi connectivity index (χ3v) is 7.48. The van der Waals surface area contributed by atoms with Gasteiger partial charge < -0.3 is 10.5 Å². The first-order chi connectivity index (χ1) is 11.8. The number of benzene rings is 1. The van der Waals surface area contributed by atoms with Crippen LogP contribution in [0.5, 0.6) is 0 Å². The van der Waals surface area contributed by atoms with E-state index in [-0.39, 0.29) is 29.4 Å². The van der Waals surface area contributed by atoms with E-state index in [9.17, 15) is 16.8 Å². The van der Waals surface area contributed by atoms with Crippen LogP contribution in [0.4, 0.5) is 0 Å². The minimum atomic E-state index is -3.77. The summed E-state index contributed by atoms with van der Waals surface area (Å²) in [6, 6.07) is 4.16. The van der Waals surface area contributed by atoms with Crippen LogP contribution in [0.25, 0.3) is 0 Å². The Hall–Kier alpha value is -1.04. The van der Waals surface area contributed by atoms with Gasteiger partial charge in [0.1, 0.15) is 0 Å². The highest BCUT2D eigenvalue weighted by atomic mass is 32.2. The minimum absolute atomic E-state index is 0.0132. The van der Waals surface area contributed by atoms with Crippen molar-refractivity contribution >= 4 is 20.0 Å². The molecule has 0 aliphatic carbocycles. The number of unbranched alkanes of at least 4 members (excludes halogenated alkanes) is 1. The lowest BCUT2D eigenvalue weighted by Crippen LogP contribution is -2.40. The molecule has 8 nitrogen and oxygen atoms in total. The van der Waals surface area contributed by atoms with Gasteiger partial charge in [-0.25, -0.2) is 21.6 Å². The number of hydrogen-bond donors (Lipinski definition) is 2. The zero-order valence-corrected chi connectivity index (χ0v) is 15.9. The number of hydrogen-bond acceptors (Lipinski definition) is 6. The molecule has 0 unspecified atom stereocenters. The third-order valence-electron chi connectivity index (χ3n) is 3.98. The number of sulfonamides is 2. The number of aryl methyl sites for hydroxylation is 1. The molecule has 25 heavy (non-hydrogen) atoms. The van der Waals surface area contributed by atoms with E-state index in [0.29, 0.717) is 38.2 Å². The van der Waals surface area contributed by atoms with Crippen molar-refractivity contribution in [2.24, 2.45) is 5.73 Å². The molecule has 142 valence electrons. The molecule has 0 aromatic heterocycles. The standard InChI is InChI=1S/C15H25N3O5S2/c1-13-4-5-14(24(19,20)17-7-3-2-6-16)12-15(13)25(21,22)18-8-10-23-11-9-18/h4-5,12,17H,2-3,6-11,16H2,1H3. The van der Waals surface area contributed by atoms with Crippen LogP contribution in [0.3, 0.4) is 0 Å². The fourth-order valence-corrected chi connectivity index (χ4v) is 5.34. The molecule has 1 fully saturated rings. The molecule has 0 radical (unpaired) electrons. The zero-order chi connectivity index (χ0) is 18.5. The topological polar surface area (TPSA) is 119 Å². The van der Waals surface area contributed by atoms with E-state index < -0.39 is 20.0 Å². The van der Waals surface area contributed by atoms with Crippen molar-refractivity contribution < 1.29 is 21.6 Å². The smallest absolute Gasteiger partial charge is 0.243 e. The number of ether oxygens (including phenoxy) is 1. The number of rotatable bonds is 8. The van der Waals surface area contributed by atoms with Gasteiger partial charge in [-0.15, -0.1) is 0 Å². The second-order valence-electron chi connectivity index (χ2n) is 5.84. The molecule has 1 aromatic rings. The molecule has 1 heterocycles. The molecule has 1 aliphatic heterocycles. The second kappa shape index (κ2) is 8.56. The van der Waals surface area contributed by atoms with Crippen LogP contribution in [0.1, 0.15) is 18.4 Å². The first-order valence-electron chi connectivity index (χ1n) is 8.17. The van der Waals surface area contributed by atoms with Crippen LogP contribution < -0.4 is 10.5 Å². The monoisotopic (exact) mass is 391 g/mol. The molecule has 1 saturated heterocycles. The van der Waals surface area contributed by atoms with E-state index >= 15 is 0 Å². The largest absolute Gasteiger partial charge is 0.379 e. The summed E-state index contributed by atoms with van der Waals surface area (Å²) in [5.41, 5.74) is 5.90. The van der Waals surface area contributed by atoms with E-state index in [1.54, 1.807) is 6.92 Å². The molecule has 1 aromatic carbocycles. The van der Waals surface area contributed by atoms with E-state index in [1.807, 2.05) is 0 Å². The first kappa shape index (κ1) is 20.3. The molecule has 0 bridgehead atoms. The Labute approximate surface area is 149 Å². The molecular weight excluding hydrogens is 366 g/mol. The minimum Gasteiger partial charge on any atom is -0.379 e. The number of morpholine rings is 1. The average Bonchev–Trinajstić information content (AvgIpc) is 2.59. The van der Waals surface area contributed by atoms with Crippen molar-refractivity contribution in [3.05, 3.63) is 23.8 Å².